The van der Waals surface area contributed by atoms with E-state index in [2.05, 4.69) is 36.5 Å². The maximum absolute atomic E-state index is 11.6. The third kappa shape index (κ3) is 2.80. The van der Waals surface area contributed by atoms with Crippen LogP contribution in [0.4, 0.5) is 5.69 Å². The smallest absolute Gasteiger partial charge is 0.323 e. The molecule has 0 fully saturated rings. The number of likely N-dealkylation sites (N-methyl/N-ethyl adjacent to an activating group) is 1. The normalized spacial score (nSPS) is 10.8. The maximum Gasteiger partial charge on any atom is 0.323 e. The van der Waals surface area contributed by atoms with Crippen molar-refractivity contribution in [1.82, 2.24) is 15.3 Å². The van der Waals surface area contributed by atoms with Crippen molar-refractivity contribution in [2.45, 2.75) is 6.92 Å². The molecule has 6 nitrogen and oxygen atoms in total. The van der Waals surface area contributed by atoms with Gasteiger partial charge in [0.25, 0.3) is 0 Å². The highest BCUT2D eigenvalue weighted by Crippen LogP contribution is 2.26. The van der Waals surface area contributed by atoms with Crippen LogP contribution in [0, 0.1) is 0 Å². The molecule has 7 heteroatoms. The second-order valence-electron chi connectivity index (χ2n) is 3.79. The van der Waals surface area contributed by atoms with E-state index in [1.165, 1.54) is 0 Å². The standard InChI is InChI=1S/C11H13BrN4O2/c1-2-13-5-10(17)14-7-4-9-8(3-6(7)12)15-11(18)16-9/h3-4,13H,2,5H2,1H3,(H,14,17)(H2,15,16,18). The first-order chi connectivity index (χ1) is 8.60. The second kappa shape index (κ2) is 5.36. The molecule has 0 unspecified atom stereocenters. The van der Waals surface area contributed by atoms with Gasteiger partial charge in [0.1, 0.15) is 0 Å². The number of benzene rings is 1. The predicted molar refractivity (Wildman–Crippen MR) is 73.8 cm³/mol. The molecule has 1 aromatic carbocycles. The minimum atomic E-state index is -0.270. The van der Waals surface area contributed by atoms with Crippen molar-refractivity contribution < 1.29 is 4.79 Å². The number of imidazole rings is 1. The van der Waals surface area contributed by atoms with Gasteiger partial charge in [0, 0.05) is 4.47 Å². The zero-order chi connectivity index (χ0) is 13.1. The summed E-state index contributed by atoms with van der Waals surface area (Å²) in [6.45, 7) is 2.92. The molecule has 1 heterocycles. The molecule has 4 N–H and O–H groups in total. The number of hydrogen-bond donors (Lipinski definition) is 4. The number of rotatable bonds is 4. The molecule has 2 aromatic rings. The summed E-state index contributed by atoms with van der Waals surface area (Å²) in [5.41, 5.74) is 1.70. The molecule has 2 rings (SSSR count). The fourth-order valence-corrected chi connectivity index (χ4v) is 2.03. The molecule has 18 heavy (non-hydrogen) atoms. The van der Waals surface area contributed by atoms with Crippen molar-refractivity contribution in [1.29, 1.82) is 0 Å². The molecule has 0 radical (unpaired) electrons. The van der Waals surface area contributed by atoms with Crippen LogP contribution in [0.25, 0.3) is 11.0 Å². The zero-order valence-corrected chi connectivity index (χ0v) is 11.3. The van der Waals surface area contributed by atoms with Gasteiger partial charge in [-0.1, -0.05) is 6.92 Å². The number of nitrogens with one attached hydrogen (secondary N) is 4. The molecule has 0 spiro atoms. The van der Waals surface area contributed by atoms with Crippen molar-refractivity contribution in [3.8, 4) is 0 Å². The van der Waals surface area contributed by atoms with Crippen LogP contribution in [0.5, 0.6) is 0 Å². The van der Waals surface area contributed by atoms with Crippen molar-refractivity contribution >= 4 is 38.6 Å². The molecule has 0 aliphatic heterocycles. The fourth-order valence-electron chi connectivity index (χ4n) is 1.58. The van der Waals surface area contributed by atoms with Crippen molar-refractivity contribution in [3.63, 3.8) is 0 Å². The summed E-state index contributed by atoms with van der Waals surface area (Å²) in [5, 5.41) is 5.70. The van der Waals surface area contributed by atoms with Crippen molar-refractivity contribution in [2.75, 3.05) is 18.4 Å². The van der Waals surface area contributed by atoms with Gasteiger partial charge >= 0.3 is 5.69 Å². The monoisotopic (exact) mass is 312 g/mol. The Bertz CT molecular complexity index is 631. The molecule has 0 atom stereocenters. The molecule has 96 valence electrons. The molecule has 0 aliphatic rings. The summed E-state index contributed by atoms with van der Waals surface area (Å²) in [4.78, 5) is 28.0. The van der Waals surface area contributed by atoms with Crippen LogP contribution in [0.2, 0.25) is 0 Å². The van der Waals surface area contributed by atoms with E-state index in [1.807, 2.05) is 6.92 Å². The fraction of sp³-hybridized carbons (Fsp3) is 0.273. The van der Waals surface area contributed by atoms with Crippen LogP contribution in [0.3, 0.4) is 0 Å². The summed E-state index contributed by atoms with van der Waals surface area (Å²) >= 11 is 3.35. The third-order valence-corrected chi connectivity index (χ3v) is 3.07. The SMILES string of the molecule is CCNCC(=O)Nc1cc2[nH]c(=O)[nH]c2cc1Br. The van der Waals surface area contributed by atoms with Crippen LogP contribution in [0.1, 0.15) is 6.92 Å². The predicted octanol–water partition coefficient (Wildman–Crippen LogP) is 1.17. The molecule has 0 saturated heterocycles. The lowest BCUT2D eigenvalue weighted by Crippen LogP contribution is -2.27. The Morgan fingerprint density at radius 3 is 2.67 bits per heavy atom. The molecule has 1 aromatic heterocycles. The maximum atomic E-state index is 11.6. The number of amides is 1. The first kappa shape index (κ1) is 12.8. The van der Waals surface area contributed by atoms with Crippen LogP contribution in [-0.2, 0) is 4.79 Å². The summed E-state index contributed by atoms with van der Waals surface area (Å²) < 4.78 is 0.718. The lowest BCUT2D eigenvalue weighted by molar-refractivity contribution is -0.115. The number of aromatic amines is 2. The Balaban J connectivity index is 2.24. The number of anilines is 1. The van der Waals surface area contributed by atoms with Crippen molar-refractivity contribution in [3.05, 3.63) is 27.1 Å². The van der Waals surface area contributed by atoms with Crippen LogP contribution < -0.4 is 16.3 Å². The van der Waals surface area contributed by atoms with Crippen LogP contribution in [-0.4, -0.2) is 29.0 Å². The third-order valence-electron chi connectivity index (χ3n) is 2.41. The number of halogens is 1. The largest absolute Gasteiger partial charge is 0.324 e. The van der Waals surface area contributed by atoms with E-state index in [1.54, 1.807) is 12.1 Å². The van der Waals surface area contributed by atoms with Gasteiger partial charge in [0.2, 0.25) is 5.91 Å². The van der Waals surface area contributed by atoms with E-state index in [4.69, 9.17) is 0 Å². The number of H-pyrrole nitrogens is 2. The topological polar surface area (TPSA) is 89.8 Å². The summed E-state index contributed by atoms with van der Waals surface area (Å²) in [7, 11) is 0. The van der Waals surface area contributed by atoms with Crippen molar-refractivity contribution in [2.24, 2.45) is 0 Å². The quantitative estimate of drug-likeness (QED) is 0.683. The first-order valence-electron chi connectivity index (χ1n) is 5.52. The highest BCUT2D eigenvalue weighted by atomic mass is 79.9. The minimum Gasteiger partial charge on any atom is -0.324 e. The molecule has 0 aliphatic carbocycles. The highest BCUT2D eigenvalue weighted by Gasteiger charge is 2.08. The Labute approximate surface area is 111 Å². The first-order valence-corrected chi connectivity index (χ1v) is 6.31. The number of hydrogen-bond acceptors (Lipinski definition) is 3. The molecular weight excluding hydrogens is 300 g/mol. The van der Waals surface area contributed by atoms with Gasteiger partial charge in [-0.05, 0) is 34.6 Å². The number of carbonyl (C=O) groups is 1. The summed E-state index contributed by atoms with van der Waals surface area (Å²) in [6, 6.07) is 3.46. The van der Waals surface area contributed by atoms with E-state index >= 15 is 0 Å². The summed E-state index contributed by atoms with van der Waals surface area (Å²) in [6.07, 6.45) is 0. The van der Waals surface area contributed by atoms with Gasteiger partial charge in [-0.2, -0.15) is 0 Å². The lowest BCUT2D eigenvalue weighted by atomic mass is 10.2. The number of fused-ring (bicyclic) bond motifs is 1. The Hall–Kier alpha value is -1.60. The van der Waals surface area contributed by atoms with E-state index in [0.717, 1.165) is 11.0 Å². The number of aromatic nitrogens is 2. The van der Waals surface area contributed by atoms with Gasteiger partial charge in [0.15, 0.2) is 0 Å². The molecule has 1 amide bonds. The molecule has 0 saturated carbocycles. The average molecular weight is 313 g/mol. The van der Waals surface area contributed by atoms with Gasteiger partial charge in [-0.25, -0.2) is 4.79 Å². The van der Waals surface area contributed by atoms with E-state index < -0.39 is 0 Å². The second-order valence-corrected chi connectivity index (χ2v) is 4.64. The Morgan fingerprint density at radius 2 is 2.00 bits per heavy atom. The highest BCUT2D eigenvalue weighted by molar-refractivity contribution is 9.10. The summed E-state index contributed by atoms with van der Waals surface area (Å²) in [5.74, 6) is -0.130. The minimum absolute atomic E-state index is 0.130. The lowest BCUT2D eigenvalue weighted by Gasteiger charge is -2.07. The van der Waals surface area contributed by atoms with E-state index in [0.29, 0.717) is 16.7 Å². The van der Waals surface area contributed by atoms with Gasteiger partial charge in [-0.3, -0.25) is 4.79 Å². The van der Waals surface area contributed by atoms with E-state index in [-0.39, 0.29) is 18.1 Å². The van der Waals surface area contributed by atoms with Gasteiger partial charge in [0.05, 0.1) is 23.3 Å². The van der Waals surface area contributed by atoms with E-state index in [9.17, 15) is 9.59 Å². The van der Waals surface area contributed by atoms with Crippen LogP contribution >= 0.6 is 15.9 Å². The average Bonchev–Trinajstić information content (AvgIpc) is 2.66. The van der Waals surface area contributed by atoms with Gasteiger partial charge in [-0.15, -0.1) is 0 Å². The van der Waals surface area contributed by atoms with Gasteiger partial charge < -0.3 is 20.6 Å². The Kier molecular flexibility index (Phi) is 3.83. The number of carbonyl (C=O) groups excluding carboxylic acids is 1. The van der Waals surface area contributed by atoms with Crippen LogP contribution in [0.15, 0.2) is 21.4 Å². The zero-order valence-electron chi connectivity index (χ0n) is 9.76. The Morgan fingerprint density at radius 1 is 1.33 bits per heavy atom. The molecular formula is C11H13BrN4O2. The molecule has 0 bridgehead atoms.